The number of hydrogen-bond acceptors (Lipinski definition) is 4. The van der Waals surface area contributed by atoms with Crippen molar-refractivity contribution in [2.24, 2.45) is 4.99 Å². The lowest BCUT2D eigenvalue weighted by atomic mass is 10.1. The summed E-state index contributed by atoms with van der Waals surface area (Å²) in [6.07, 6.45) is 4.65. The second-order valence-corrected chi connectivity index (χ2v) is 7.50. The number of nitrogens with one attached hydrogen (secondary N) is 1. The molecule has 1 aromatic heterocycles. The Morgan fingerprint density at radius 2 is 1.84 bits per heavy atom. The number of guanidine groups is 1. The monoisotopic (exact) mass is 435 g/mol. The molecular weight excluding hydrogens is 402 g/mol. The van der Waals surface area contributed by atoms with Gasteiger partial charge in [-0.15, -0.1) is 0 Å². The van der Waals surface area contributed by atoms with Crippen molar-refractivity contribution in [3.8, 4) is 11.5 Å². The summed E-state index contributed by atoms with van der Waals surface area (Å²) < 4.78 is 12.7. The zero-order chi connectivity index (χ0) is 22.8. The fourth-order valence-electron chi connectivity index (χ4n) is 3.50. The average Bonchev–Trinajstić information content (AvgIpc) is 3.34. The van der Waals surface area contributed by atoms with Crippen LogP contribution >= 0.6 is 0 Å². The average molecular weight is 436 g/mol. The Hall–Kier alpha value is -3.48. The molecule has 7 heteroatoms. The van der Waals surface area contributed by atoms with Crippen molar-refractivity contribution in [2.45, 2.75) is 26.4 Å². The molecule has 0 radical (unpaired) electrons. The predicted molar refractivity (Wildman–Crippen MR) is 128 cm³/mol. The van der Waals surface area contributed by atoms with E-state index in [-0.39, 0.29) is 0 Å². The first kappa shape index (κ1) is 23.2. The van der Waals surface area contributed by atoms with Gasteiger partial charge in [-0.3, -0.25) is 4.68 Å². The van der Waals surface area contributed by atoms with E-state index in [9.17, 15) is 0 Å². The van der Waals surface area contributed by atoms with Crippen LogP contribution in [-0.4, -0.2) is 55.0 Å². The molecule has 0 saturated carbocycles. The highest BCUT2D eigenvalue weighted by atomic mass is 16.5. The van der Waals surface area contributed by atoms with Gasteiger partial charge >= 0.3 is 0 Å². The molecule has 0 fully saturated rings. The van der Waals surface area contributed by atoms with Crippen LogP contribution in [0.1, 0.15) is 23.6 Å². The molecule has 0 spiro atoms. The summed E-state index contributed by atoms with van der Waals surface area (Å²) in [6, 6.07) is 16.4. The second kappa shape index (κ2) is 11.8. The summed E-state index contributed by atoms with van der Waals surface area (Å²) in [7, 11) is 5.38. The lowest BCUT2D eigenvalue weighted by Crippen LogP contribution is -2.40. The number of aliphatic imine (C=N–C) groups is 1. The van der Waals surface area contributed by atoms with Crippen molar-refractivity contribution in [1.29, 1.82) is 0 Å². The van der Waals surface area contributed by atoms with Gasteiger partial charge in [0.15, 0.2) is 17.5 Å². The van der Waals surface area contributed by atoms with Crippen LogP contribution in [0.5, 0.6) is 11.5 Å². The molecule has 32 heavy (non-hydrogen) atoms. The molecule has 0 bridgehead atoms. The van der Waals surface area contributed by atoms with E-state index < -0.39 is 0 Å². The number of methoxy groups -OCH3 is 2. The van der Waals surface area contributed by atoms with E-state index >= 15 is 0 Å². The van der Waals surface area contributed by atoms with Gasteiger partial charge in [0, 0.05) is 32.5 Å². The fourth-order valence-corrected chi connectivity index (χ4v) is 3.50. The first-order chi connectivity index (χ1) is 15.6. The predicted octanol–water partition coefficient (Wildman–Crippen LogP) is 3.59. The first-order valence-corrected chi connectivity index (χ1v) is 10.9. The molecule has 0 saturated heterocycles. The van der Waals surface area contributed by atoms with Gasteiger partial charge in [0.1, 0.15) is 0 Å². The van der Waals surface area contributed by atoms with Gasteiger partial charge < -0.3 is 19.7 Å². The van der Waals surface area contributed by atoms with Gasteiger partial charge in [-0.1, -0.05) is 30.3 Å². The van der Waals surface area contributed by atoms with Crippen LogP contribution in [0.15, 0.2) is 65.9 Å². The molecule has 0 aliphatic heterocycles. The van der Waals surface area contributed by atoms with E-state index in [2.05, 4.69) is 59.6 Å². The van der Waals surface area contributed by atoms with Gasteiger partial charge in [-0.05, 0) is 48.2 Å². The molecule has 7 nitrogen and oxygen atoms in total. The zero-order valence-corrected chi connectivity index (χ0v) is 19.4. The summed E-state index contributed by atoms with van der Waals surface area (Å²) in [5.74, 6) is 2.39. The van der Waals surface area contributed by atoms with Crippen LogP contribution < -0.4 is 14.8 Å². The Morgan fingerprint density at radius 3 is 2.53 bits per heavy atom. The number of aromatic nitrogens is 2. The molecule has 0 amide bonds. The maximum Gasteiger partial charge on any atom is 0.193 e. The molecule has 0 unspecified atom stereocenters. The van der Waals surface area contributed by atoms with Crippen molar-refractivity contribution >= 4 is 5.96 Å². The Morgan fingerprint density at radius 1 is 1.06 bits per heavy atom. The van der Waals surface area contributed by atoms with Crippen LogP contribution in [0.4, 0.5) is 0 Å². The Balaban J connectivity index is 1.67. The number of likely N-dealkylation sites (N-methyl/N-ethyl adjacent to an activating group) is 1. The summed E-state index contributed by atoms with van der Waals surface area (Å²) in [5, 5.41) is 7.73. The highest BCUT2D eigenvalue weighted by Crippen LogP contribution is 2.27. The van der Waals surface area contributed by atoms with Gasteiger partial charge in [-0.2, -0.15) is 5.10 Å². The van der Waals surface area contributed by atoms with E-state index in [1.165, 1.54) is 16.7 Å². The smallest absolute Gasteiger partial charge is 0.193 e. The summed E-state index contributed by atoms with van der Waals surface area (Å²) in [5.41, 5.74) is 3.62. The molecule has 1 N–H and O–H groups in total. The minimum Gasteiger partial charge on any atom is -0.493 e. The number of nitrogens with zero attached hydrogens (tertiary/aromatic N) is 4. The third-order valence-corrected chi connectivity index (χ3v) is 5.29. The highest BCUT2D eigenvalue weighted by Gasteiger charge is 2.09. The summed E-state index contributed by atoms with van der Waals surface area (Å²) in [6.45, 7) is 5.08. The van der Waals surface area contributed by atoms with E-state index in [1.807, 2.05) is 29.1 Å². The minimum absolute atomic E-state index is 0.612. The lowest BCUT2D eigenvalue weighted by molar-refractivity contribution is 0.354. The Kier molecular flexibility index (Phi) is 8.54. The van der Waals surface area contributed by atoms with Crippen molar-refractivity contribution in [3.05, 3.63) is 77.6 Å². The van der Waals surface area contributed by atoms with Crippen LogP contribution in [0.3, 0.4) is 0 Å². The topological polar surface area (TPSA) is 63.9 Å². The molecule has 3 aromatic rings. The van der Waals surface area contributed by atoms with Crippen LogP contribution in [-0.2, 0) is 19.5 Å². The maximum atomic E-state index is 5.43. The normalized spacial score (nSPS) is 11.3. The molecule has 1 heterocycles. The molecule has 170 valence electrons. The standard InChI is InChI=1S/C25H33N5O2/c1-5-26-25(29(2)16-13-20-11-12-23(31-3)24(17-20)32-4)27-18-21-9-6-7-10-22(21)19-30-15-8-14-28-30/h6-12,14-15,17H,5,13,16,18-19H2,1-4H3,(H,26,27). The second-order valence-electron chi connectivity index (χ2n) is 7.50. The quantitative estimate of drug-likeness (QED) is 0.390. The van der Waals surface area contributed by atoms with Gasteiger partial charge in [0.05, 0.1) is 27.3 Å². The number of benzene rings is 2. The first-order valence-electron chi connectivity index (χ1n) is 10.9. The molecule has 3 rings (SSSR count). The summed E-state index contributed by atoms with van der Waals surface area (Å²) in [4.78, 5) is 7.07. The van der Waals surface area contributed by atoms with Gasteiger partial charge in [0.25, 0.3) is 0 Å². The fraction of sp³-hybridized carbons (Fsp3) is 0.360. The molecule has 0 atom stereocenters. The van der Waals surface area contributed by atoms with E-state index in [0.29, 0.717) is 6.54 Å². The molecular formula is C25H33N5O2. The van der Waals surface area contributed by atoms with E-state index in [1.54, 1.807) is 20.4 Å². The molecule has 2 aromatic carbocycles. The number of ether oxygens (including phenoxy) is 2. The largest absolute Gasteiger partial charge is 0.493 e. The highest BCUT2D eigenvalue weighted by molar-refractivity contribution is 5.79. The Bertz CT molecular complexity index is 1000. The van der Waals surface area contributed by atoms with Crippen molar-refractivity contribution in [1.82, 2.24) is 20.0 Å². The SMILES string of the molecule is CCNC(=NCc1ccccc1Cn1cccn1)N(C)CCc1ccc(OC)c(OC)c1. The van der Waals surface area contributed by atoms with Crippen molar-refractivity contribution in [3.63, 3.8) is 0 Å². The Labute approximate surface area is 190 Å². The van der Waals surface area contributed by atoms with Crippen molar-refractivity contribution < 1.29 is 9.47 Å². The number of rotatable bonds is 10. The van der Waals surface area contributed by atoms with Crippen molar-refractivity contribution in [2.75, 3.05) is 34.4 Å². The third kappa shape index (κ3) is 6.26. The maximum absolute atomic E-state index is 5.43. The minimum atomic E-state index is 0.612. The van der Waals surface area contributed by atoms with Gasteiger partial charge in [0.2, 0.25) is 0 Å². The van der Waals surface area contributed by atoms with Gasteiger partial charge in [-0.25, -0.2) is 4.99 Å². The molecule has 0 aliphatic rings. The van der Waals surface area contributed by atoms with Crippen LogP contribution in [0.25, 0.3) is 0 Å². The lowest BCUT2D eigenvalue weighted by Gasteiger charge is -2.22. The number of hydrogen-bond donors (Lipinski definition) is 1. The van der Waals surface area contributed by atoms with E-state index in [4.69, 9.17) is 14.5 Å². The summed E-state index contributed by atoms with van der Waals surface area (Å²) >= 11 is 0. The third-order valence-electron chi connectivity index (χ3n) is 5.29. The molecule has 0 aliphatic carbocycles. The zero-order valence-electron chi connectivity index (χ0n) is 19.4. The van der Waals surface area contributed by atoms with Crippen LogP contribution in [0, 0.1) is 0 Å². The van der Waals surface area contributed by atoms with Crippen LogP contribution in [0.2, 0.25) is 0 Å². The van der Waals surface area contributed by atoms with E-state index in [0.717, 1.165) is 43.5 Å².